The van der Waals surface area contributed by atoms with Crippen LogP contribution in [0.25, 0.3) is 11.1 Å². The van der Waals surface area contributed by atoms with E-state index in [0.29, 0.717) is 17.2 Å². The number of carbonyl (C=O) groups is 2. The Kier molecular flexibility index (Phi) is 6.80. The largest absolute Gasteiger partial charge is 0.452 e. The maximum Gasteiger partial charge on any atom is 0.339 e. The molecule has 0 fully saturated rings. The molecule has 0 spiro atoms. The Balaban J connectivity index is 1.61. The van der Waals surface area contributed by atoms with Crippen molar-refractivity contribution in [1.29, 1.82) is 0 Å². The molecule has 0 saturated heterocycles. The SMILES string of the molecule is CC[C@H](C)c1ccc(NC(=O)COC(=O)c2ccccc2-c2ccccc2)cc1. The van der Waals surface area contributed by atoms with Gasteiger partial charge in [-0.2, -0.15) is 0 Å². The standard InChI is InChI=1S/C25H25NO3/c1-3-18(2)19-13-15-21(16-14-19)26-24(27)17-29-25(28)23-12-8-7-11-22(23)20-9-5-4-6-10-20/h4-16,18H,3,17H2,1-2H3,(H,26,27)/t18-/m0/s1. The summed E-state index contributed by atoms with van der Waals surface area (Å²) in [5, 5.41) is 2.76. The molecule has 3 aromatic carbocycles. The predicted octanol–water partition coefficient (Wildman–Crippen LogP) is 5.66. The third kappa shape index (κ3) is 5.32. The summed E-state index contributed by atoms with van der Waals surface area (Å²) in [5.41, 5.74) is 4.05. The lowest BCUT2D eigenvalue weighted by atomic mass is 9.99. The van der Waals surface area contributed by atoms with Gasteiger partial charge in [-0.1, -0.05) is 74.5 Å². The van der Waals surface area contributed by atoms with Crippen LogP contribution >= 0.6 is 0 Å². The third-order valence-corrected chi connectivity index (χ3v) is 4.94. The van der Waals surface area contributed by atoms with Crippen molar-refractivity contribution in [2.45, 2.75) is 26.2 Å². The van der Waals surface area contributed by atoms with Crippen molar-refractivity contribution >= 4 is 17.6 Å². The smallest absolute Gasteiger partial charge is 0.339 e. The molecule has 0 aliphatic rings. The first kappa shape index (κ1) is 20.3. The maximum atomic E-state index is 12.5. The molecule has 0 bridgehead atoms. The first-order valence-corrected chi connectivity index (χ1v) is 9.80. The first-order valence-electron chi connectivity index (χ1n) is 9.80. The minimum Gasteiger partial charge on any atom is -0.452 e. The molecule has 1 amide bonds. The molecule has 148 valence electrons. The first-order chi connectivity index (χ1) is 14.1. The van der Waals surface area contributed by atoms with Crippen LogP contribution in [0.5, 0.6) is 0 Å². The zero-order valence-corrected chi connectivity index (χ0v) is 16.7. The number of esters is 1. The van der Waals surface area contributed by atoms with Crippen LogP contribution in [0, 0.1) is 0 Å². The minimum atomic E-state index is -0.522. The Bertz CT molecular complexity index is 965. The molecule has 29 heavy (non-hydrogen) atoms. The van der Waals surface area contributed by atoms with E-state index >= 15 is 0 Å². The summed E-state index contributed by atoms with van der Waals surface area (Å²) in [6.45, 7) is 3.97. The molecule has 0 aromatic heterocycles. The number of rotatable bonds is 7. The molecule has 1 N–H and O–H groups in total. The van der Waals surface area contributed by atoms with Crippen LogP contribution in [0.1, 0.15) is 42.1 Å². The lowest BCUT2D eigenvalue weighted by molar-refractivity contribution is -0.119. The van der Waals surface area contributed by atoms with Gasteiger partial charge in [0.2, 0.25) is 0 Å². The van der Waals surface area contributed by atoms with Crippen LogP contribution < -0.4 is 5.32 Å². The number of carbonyl (C=O) groups excluding carboxylic acids is 2. The number of amides is 1. The Hall–Kier alpha value is -3.40. The summed E-state index contributed by atoms with van der Waals surface area (Å²) in [6.07, 6.45) is 1.06. The molecule has 4 nitrogen and oxygen atoms in total. The van der Waals surface area contributed by atoms with Gasteiger partial charge >= 0.3 is 5.97 Å². The molecule has 0 aliphatic carbocycles. The van der Waals surface area contributed by atoms with E-state index in [1.807, 2.05) is 66.7 Å². The van der Waals surface area contributed by atoms with Gasteiger partial charge in [0, 0.05) is 5.69 Å². The van der Waals surface area contributed by atoms with Crippen LogP contribution in [-0.4, -0.2) is 18.5 Å². The highest BCUT2D eigenvalue weighted by Crippen LogP contribution is 2.24. The molecule has 0 radical (unpaired) electrons. The van der Waals surface area contributed by atoms with Gasteiger partial charge in [0.1, 0.15) is 0 Å². The van der Waals surface area contributed by atoms with E-state index in [-0.39, 0.29) is 12.5 Å². The topological polar surface area (TPSA) is 55.4 Å². The average molecular weight is 387 g/mol. The van der Waals surface area contributed by atoms with E-state index in [1.54, 1.807) is 12.1 Å². The van der Waals surface area contributed by atoms with E-state index < -0.39 is 5.97 Å². The van der Waals surface area contributed by atoms with Crippen LogP contribution in [-0.2, 0) is 9.53 Å². The van der Waals surface area contributed by atoms with Crippen molar-refractivity contribution < 1.29 is 14.3 Å². The molecule has 0 heterocycles. The summed E-state index contributed by atoms with van der Waals surface area (Å²) in [6, 6.07) is 24.6. The van der Waals surface area contributed by atoms with E-state index in [9.17, 15) is 9.59 Å². The summed E-state index contributed by atoms with van der Waals surface area (Å²) in [7, 11) is 0. The summed E-state index contributed by atoms with van der Waals surface area (Å²) >= 11 is 0. The second-order valence-corrected chi connectivity index (χ2v) is 6.97. The van der Waals surface area contributed by atoms with Gasteiger partial charge in [-0.25, -0.2) is 4.79 Å². The zero-order valence-electron chi connectivity index (χ0n) is 16.7. The molecule has 0 aliphatic heterocycles. The van der Waals surface area contributed by atoms with Gasteiger partial charge < -0.3 is 10.1 Å². The maximum absolute atomic E-state index is 12.5. The Morgan fingerprint density at radius 3 is 2.24 bits per heavy atom. The number of hydrogen-bond donors (Lipinski definition) is 1. The Morgan fingerprint density at radius 2 is 1.55 bits per heavy atom. The van der Waals surface area contributed by atoms with Crippen LogP contribution in [0.4, 0.5) is 5.69 Å². The molecule has 0 unspecified atom stereocenters. The van der Waals surface area contributed by atoms with Gasteiger partial charge in [-0.3, -0.25) is 4.79 Å². The quantitative estimate of drug-likeness (QED) is 0.532. The van der Waals surface area contributed by atoms with Crippen molar-refractivity contribution in [3.63, 3.8) is 0 Å². The lowest BCUT2D eigenvalue weighted by Gasteiger charge is -2.11. The van der Waals surface area contributed by atoms with Crippen molar-refractivity contribution in [3.05, 3.63) is 90.0 Å². The van der Waals surface area contributed by atoms with Gasteiger partial charge in [0.05, 0.1) is 5.56 Å². The molecule has 4 heteroatoms. The summed E-state index contributed by atoms with van der Waals surface area (Å²) in [4.78, 5) is 24.7. The highest BCUT2D eigenvalue weighted by atomic mass is 16.5. The van der Waals surface area contributed by atoms with Crippen LogP contribution in [0.15, 0.2) is 78.9 Å². The number of benzene rings is 3. The van der Waals surface area contributed by atoms with Gasteiger partial charge in [-0.05, 0) is 47.2 Å². The normalized spacial score (nSPS) is 11.5. The molecule has 3 rings (SSSR count). The van der Waals surface area contributed by atoms with Gasteiger partial charge in [0.25, 0.3) is 5.91 Å². The highest BCUT2D eigenvalue weighted by Gasteiger charge is 2.15. The molecular weight excluding hydrogens is 362 g/mol. The minimum absolute atomic E-state index is 0.338. The fraction of sp³-hybridized carbons (Fsp3) is 0.200. The molecule has 3 aromatic rings. The number of nitrogens with one attached hydrogen (secondary N) is 1. The predicted molar refractivity (Wildman–Crippen MR) is 116 cm³/mol. The fourth-order valence-electron chi connectivity index (χ4n) is 3.07. The Labute approximate surface area is 171 Å². The van der Waals surface area contributed by atoms with E-state index in [4.69, 9.17) is 4.74 Å². The van der Waals surface area contributed by atoms with Crippen LogP contribution in [0.3, 0.4) is 0 Å². The Morgan fingerprint density at radius 1 is 0.897 bits per heavy atom. The molecular formula is C25H25NO3. The lowest BCUT2D eigenvalue weighted by Crippen LogP contribution is -2.21. The van der Waals surface area contributed by atoms with E-state index in [0.717, 1.165) is 17.5 Å². The monoisotopic (exact) mass is 387 g/mol. The molecule has 0 saturated carbocycles. The van der Waals surface area contributed by atoms with E-state index in [1.165, 1.54) is 5.56 Å². The average Bonchev–Trinajstić information content (AvgIpc) is 2.78. The van der Waals surface area contributed by atoms with Crippen molar-refractivity contribution in [1.82, 2.24) is 0 Å². The number of ether oxygens (including phenoxy) is 1. The second kappa shape index (κ2) is 9.69. The van der Waals surface area contributed by atoms with Crippen molar-refractivity contribution in [2.75, 3.05) is 11.9 Å². The van der Waals surface area contributed by atoms with Crippen LogP contribution in [0.2, 0.25) is 0 Å². The summed E-state index contributed by atoms with van der Waals surface area (Å²) in [5.74, 6) is -0.413. The summed E-state index contributed by atoms with van der Waals surface area (Å²) < 4.78 is 5.25. The second-order valence-electron chi connectivity index (χ2n) is 6.97. The van der Waals surface area contributed by atoms with Gasteiger partial charge in [0.15, 0.2) is 6.61 Å². The third-order valence-electron chi connectivity index (χ3n) is 4.94. The number of anilines is 1. The molecule has 1 atom stereocenters. The zero-order chi connectivity index (χ0) is 20.6. The van der Waals surface area contributed by atoms with Gasteiger partial charge in [-0.15, -0.1) is 0 Å². The van der Waals surface area contributed by atoms with Crippen molar-refractivity contribution in [3.8, 4) is 11.1 Å². The van der Waals surface area contributed by atoms with Crippen molar-refractivity contribution in [2.24, 2.45) is 0 Å². The van der Waals surface area contributed by atoms with E-state index in [2.05, 4.69) is 19.2 Å². The highest BCUT2D eigenvalue weighted by molar-refractivity contribution is 5.99. The number of hydrogen-bond acceptors (Lipinski definition) is 3. The fourth-order valence-corrected chi connectivity index (χ4v) is 3.07.